The molecule has 156 valence electrons. The van der Waals surface area contributed by atoms with Crippen LogP contribution in [-0.2, 0) is 11.2 Å². The van der Waals surface area contributed by atoms with E-state index in [1.165, 1.54) is 43.0 Å². The Bertz CT molecular complexity index is 788. The highest BCUT2D eigenvalue weighted by atomic mass is 16.2. The number of piperidine rings is 1. The van der Waals surface area contributed by atoms with Gasteiger partial charge in [0, 0.05) is 19.1 Å². The average Bonchev–Trinajstić information content (AvgIpc) is 3.58. The Kier molecular flexibility index (Phi) is 7.18. The minimum Gasteiger partial charge on any atom is -0.342 e. The lowest BCUT2D eigenvalue weighted by Crippen LogP contribution is -2.41. The van der Waals surface area contributed by atoms with Crippen LogP contribution in [0.1, 0.15) is 44.1 Å². The van der Waals surface area contributed by atoms with Crippen LogP contribution in [0.5, 0.6) is 0 Å². The van der Waals surface area contributed by atoms with E-state index in [-0.39, 0.29) is 5.91 Å². The van der Waals surface area contributed by atoms with Crippen molar-refractivity contribution < 1.29 is 4.79 Å². The molecule has 1 aliphatic heterocycles. The largest absolute Gasteiger partial charge is 0.342 e. The molecule has 0 bridgehead atoms. The third-order valence-electron chi connectivity index (χ3n) is 6.41. The van der Waals surface area contributed by atoms with Crippen molar-refractivity contribution in [1.82, 2.24) is 15.5 Å². The summed E-state index contributed by atoms with van der Waals surface area (Å²) < 4.78 is 0. The van der Waals surface area contributed by atoms with E-state index >= 15 is 0 Å². The van der Waals surface area contributed by atoms with Crippen LogP contribution in [0.25, 0.3) is 10.8 Å². The number of benzene rings is 2. The summed E-state index contributed by atoms with van der Waals surface area (Å²) in [6, 6.07) is 15.4. The smallest absolute Gasteiger partial charge is 0.227 e. The van der Waals surface area contributed by atoms with Crippen LogP contribution in [0.3, 0.4) is 0 Å². The van der Waals surface area contributed by atoms with E-state index in [9.17, 15) is 4.79 Å². The van der Waals surface area contributed by atoms with Gasteiger partial charge in [-0.15, -0.1) is 0 Å². The number of nitrogens with one attached hydrogen (secondary N) is 2. The van der Waals surface area contributed by atoms with Crippen molar-refractivity contribution in [3.05, 3.63) is 48.0 Å². The van der Waals surface area contributed by atoms with Crippen molar-refractivity contribution in [1.29, 1.82) is 0 Å². The normalized spacial score (nSPS) is 17.7. The maximum atomic E-state index is 12.8. The van der Waals surface area contributed by atoms with Crippen LogP contribution in [0, 0.1) is 5.92 Å². The van der Waals surface area contributed by atoms with Gasteiger partial charge < -0.3 is 15.5 Å². The molecular formula is C25H35N3O. The second kappa shape index (κ2) is 10.2. The van der Waals surface area contributed by atoms with E-state index in [0.29, 0.717) is 12.3 Å². The number of unbranched alkanes of at least 4 members (excludes halogenated alkanes) is 1. The minimum absolute atomic E-state index is 0.274. The molecule has 0 unspecified atom stereocenters. The molecule has 2 aromatic rings. The molecule has 2 fully saturated rings. The monoisotopic (exact) mass is 393 g/mol. The predicted octanol–water partition coefficient (Wildman–Crippen LogP) is 3.74. The highest BCUT2D eigenvalue weighted by molar-refractivity contribution is 5.90. The molecule has 2 aromatic carbocycles. The lowest BCUT2D eigenvalue weighted by atomic mass is 9.95. The average molecular weight is 394 g/mol. The number of fused-ring (bicyclic) bond motifs is 1. The van der Waals surface area contributed by atoms with Gasteiger partial charge in [0.2, 0.25) is 5.91 Å². The maximum Gasteiger partial charge on any atom is 0.227 e. The first-order valence-electron chi connectivity index (χ1n) is 11.5. The molecule has 4 heteroatoms. The molecular weight excluding hydrogens is 358 g/mol. The number of carbonyl (C=O) groups is 1. The summed E-state index contributed by atoms with van der Waals surface area (Å²) in [6.45, 7) is 5.19. The van der Waals surface area contributed by atoms with Crippen molar-refractivity contribution in [2.45, 2.75) is 51.0 Å². The highest BCUT2D eigenvalue weighted by Gasteiger charge is 2.23. The first kappa shape index (κ1) is 20.4. The number of likely N-dealkylation sites (tertiary alicyclic amines) is 1. The van der Waals surface area contributed by atoms with Crippen LogP contribution >= 0.6 is 0 Å². The zero-order chi connectivity index (χ0) is 19.9. The Morgan fingerprint density at radius 3 is 2.52 bits per heavy atom. The van der Waals surface area contributed by atoms with E-state index in [0.717, 1.165) is 50.6 Å². The summed E-state index contributed by atoms with van der Waals surface area (Å²) >= 11 is 0. The van der Waals surface area contributed by atoms with Crippen molar-refractivity contribution in [2.24, 2.45) is 5.92 Å². The third kappa shape index (κ3) is 6.03. The second-order valence-corrected chi connectivity index (χ2v) is 8.78. The highest BCUT2D eigenvalue weighted by Crippen LogP contribution is 2.22. The van der Waals surface area contributed by atoms with Crippen molar-refractivity contribution >= 4 is 16.7 Å². The number of hydrogen-bond acceptors (Lipinski definition) is 3. The van der Waals surface area contributed by atoms with E-state index in [2.05, 4.69) is 58.0 Å². The summed E-state index contributed by atoms with van der Waals surface area (Å²) in [5.41, 5.74) is 1.15. The molecule has 1 amide bonds. The fraction of sp³-hybridized carbons (Fsp3) is 0.560. The van der Waals surface area contributed by atoms with Gasteiger partial charge in [-0.3, -0.25) is 4.79 Å². The molecule has 0 radical (unpaired) electrons. The predicted molar refractivity (Wildman–Crippen MR) is 120 cm³/mol. The zero-order valence-corrected chi connectivity index (χ0v) is 17.5. The Hall–Kier alpha value is -1.91. The van der Waals surface area contributed by atoms with Gasteiger partial charge >= 0.3 is 0 Å². The Balaban J connectivity index is 1.14. The number of nitrogens with zero attached hydrogens (tertiary/aromatic N) is 1. The summed E-state index contributed by atoms with van der Waals surface area (Å²) in [4.78, 5) is 14.9. The lowest BCUT2D eigenvalue weighted by Gasteiger charge is -2.32. The van der Waals surface area contributed by atoms with Gasteiger partial charge in [-0.05, 0) is 80.4 Å². The molecule has 1 aliphatic carbocycles. The first-order valence-corrected chi connectivity index (χ1v) is 11.5. The second-order valence-electron chi connectivity index (χ2n) is 8.78. The minimum atomic E-state index is 0.274. The van der Waals surface area contributed by atoms with Gasteiger partial charge in [-0.25, -0.2) is 0 Å². The Morgan fingerprint density at radius 2 is 1.69 bits per heavy atom. The molecule has 0 atom stereocenters. The molecule has 29 heavy (non-hydrogen) atoms. The number of carbonyl (C=O) groups excluding carboxylic acids is 1. The van der Waals surface area contributed by atoms with E-state index in [4.69, 9.17) is 0 Å². The van der Waals surface area contributed by atoms with Gasteiger partial charge in [0.05, 0.1) is 6.42 Å². The molecule has 1 saturated heterocycles. The van der Waals surface area contributed by atoms with Gasteiger partial charge in [-0.2, -0.15) is 0 Å². The number of hydrogen-bond donors (Lipinski definition) is 2. The molecule has 2 aliphatic rings. The topological polar surface area (TPSA) is 44.4 Å². The van der Waals surface area contributed by atoms with E-state index in [1.54, 1.807) is 0 Å². The summed E-state index contributed by atoms with van der Waals surface area (Å²) in [7, 11) is 0. The first-order chi connectivity index (χ1) is 14.3. The van der Waals surface area contributed by atoms with Crippen LogP contribution in [-0.4, -0.2) is 49.6 Å². The van der Waals surface area contributed by atoms with E-state index < -0.39 is 0 Å². The van der Waals surface area contributed by atoms with Crippen molar-refractivity contribution in [3.8, 4) is 0 Å². The quantitative estimate of drug-likeness (QED) is 0.605. The molecule has 0 spiro atoms. The maximum absolute atomic E-state index is 12.8. The summed E-state index contributed by atoms with van der Waals surface area (Å²) in [6.07, 6.45) is 8.03. The Morgan fingerprint density at radius 1 is 0.931 bits per heavy atom. The lowest BCUT2D eigenvalue weighted by molar-refractivity contribution is -0.131. The SMILES string of the molecule is O=C(Cc1cccc2ccccc12)N1CCC(CNCCCCNC2CC2)CC1. The molecule has 1 heterocycles. The molecule has 1 saturated carbocycles. The number of rotatable bonds is 10. The molecule has 2 N–H and O–H groups in total. The zero-order valence-electron chi connectivity index (χ0n) is 17.5. The van der Waals surface area contributed by atoms with E-state index in [1.807, 2.05) is 0 Å². The fourth-order valence-corrected chi connectivity index (χ4v) is 4.38. The van der Waals surface area contributed by atoms with Crippen LogP contribution < -0.4 is 10.6 Å². The molecule has 4 nitrogen and oxygen atoms in total. The van der Waals surface area contributed by atoms with Crippen molar-refractivity contribution in [3.63, 3.8) is 0 Å². The standard InChI is InChI=1S/C25H35N3O/c29-25(18-22-8-5-7-21-6-1-2-9-24(21)22)28-16-12-20(13-17-28)19-26-14-3-4-15-27-23-10-11-23/h1-2,5-9,20,23,26-27H,3-4,10-19H2. The van der Waals surface area contributed by atoms with Crippen LogP contribution in [0.15, 0.2) is 42.5 Å². The Labute approximate surface area is 175 Å². The van der Waals surface area contributed by atoms with Gasteiger partial charge in [-0.1, -0.05) is 42.5 Å². The molecule has 0 aromatic heterocycles. The fourth-order valence-electron chi connectivity index (χ4n) is 4.38. The van der Waals surface area contributed by atoms with Crippen LogP contribution in [0.2, 0.25) is 0 Å². The summed E-state index contributed by atoms with van der Waals surface area (Å²) in [5.74, 6) is 0.983. The molecule has 4 rings (SSSR count). The third-order valence-corrected chi connectivity index (χ3v) is 6.41. The van der Waals surface area contributed by atoms with Gasteiger partial charge in [0.15, 0.2) is 0 Å². The van der Waals surface area contributed by atoms with Gasteiger partial charge in [0.1, 0.15) is 0 Å². The van der Waals surface area contributed by atoms with Crippen molar-refractivity contribution in [2.75, 3.05) is 32.7 Å². The summed E-state index contributed by atoms with van der Waals surface area (Å²) in [5, 5.41) is 9.62. The van der Waals surface area contributed by atoms with Crippen LogP contribution in [0.4, 0.5) is 0 Å². The van der Waals surface area contributed by atoms with Gasteiger partial charge in [0.25, 0.3) is 0 Å². The number of amides is 1.